The summed E-state index contributed by atoms with van der Waals surface area (Å²) >= 11 is 0. The molecule has 6 heteroatoms. The van der Waals surface area contributed by atoms with Crippen molar-refractivity contribution >= 4 is 16.8 Å². The molecular weight excluding hydrogens is 328 g/mol. The molecule has 3 heterocycles. The summed E-state index contributed by atoms with van der Waals surface area (Å²) in [5, 5.41) is 8.21. The van der Waals surface area contributed by atoms with Crippen LogP contribution < -0.4 is 5.32 Å². The van der Waals surface area contributed by atoms with Crippen LogP contribution in [0.25, 0.3) is 22.2 Å². The van der Waals surface area contributed by atoms with Gasteiger partial charge in [-0.25, -0.2) is 4.98 Å². The second-order valence-corrected chi connectivity index (χ2v) is 7.33. The van der Waals surface area contributed by atoms with Gasteiger partial charge in [-0.05, 0) is 19.1 Å². The first-order valence-corrected chi connectivity index (χ1v) is 8.72. The van der Waals surface area contributed by atoms with Gasteiger partial charge in [-0.3, -0.25) is 9.48 Å². The Bertz CT molecular complexity index is 989. The number of hydrogen-bond acceptors (Lipinski definition) is 4. The van der Waals surface area contributed by atoms with Gasteiger partial charge in [-0.2, -0.15) is 5.10 Å². The molecule has 1 aliphatic rings. The Morgan fingerprint density at radius 1 is 1.35 bits per heavy atom. The van der Waals surface area contributed by atoms with Crippen LogP contribution in [0.5, 0.6) is 0 Å². The van der Waals surface area contributed by atoms with E-state index in [1.807, 2.05) is 49.0 Å². The molecule has 1 amide bonds. The zero-order valence-corrected chi connectivity index (χ0v) is 15.2. The van der Waals surface area contributed by atoms with Crippen molar-refractivity contribution in [2.45, 2.75) is 13.8 Å². The van der Waals surface area contributed by atoms with Crippen LogP contribution in [0, 0.1) is 12.3 Å². The average molecular weight is 350 g/mol. The highest BCUT2D eigenvalue weighted by Gasteiger charge is 2.33. The first kappa shape index (κ1) is 16.7. The van der Waals surface area contributed by atoms with E-state index in [0.29, 0.717) is 25.3 Å². The molecule has 134 valence electrons. The maximum absolute atomic E-state index is 12.9. The summed E-state index contributed by atoms with van der Waals surface area (Å²) in [6.07, 6.45) is 1.79. The van der Waals surface area contributed by atoms with Gasteiger partial charge in [-0.15, -0.1) is 0 Å². The smallest absolute Gasteiger partial charge is 0.252 e. The third kappa shape index (κ3) is 2.86. The lowest BCUT2D eigenvalue weighted by Crippen LogP contribution is -2.48. The van der Waals surface area contributed by atoms with E-state index in [4.69, 9.17) is 9.72 Å². The fourth-order valence-corrected chi connectivity index (χ4v) is 3.19. The summed E-state index contributed by atoms with van der Waals surface area (Å²) in [7, 11) is 1.90. The summed E-state index contributed by atoms with van der Waals surface area (Å²) in [5.41, 5.74) is 4.18. The standard InChI is InChI=1S/C20H22N4O2/c1-13-16(9-22-24(13)3)18-8-15(14-6-4-5-7-17(14)23-18)19(25)21-10-20(2)11-26-12-20/h4-9H,10-12H2,1-3H3,(H,21,25). The molecule has 0 spiro atoms. The zero-order valence-electron chi connectivity index (χ0n) is 15.2. The predicted octanol–water partition coefficient (Wildman–Crippen LogP) is 2.71. The summed E-state index contributed by atoms with van der Waals surface area (Å²) in [4.78, 5) is 17.7. The lowest BCUT2D eigenvalue weighted by Gasteiger charge is -2.38. The summed E-state index contributed by atoms with van der Waals surface area (Å²) in [6.45, 7) is 6.08. The first-order valence-electron chi connectivity index (χ1n) is 8.72. The average Bonchev–Trinajstić information content (AvgIpc) is 2.96. The second-order valence-electron chi connectivity index (χ2n) is 7.33. The van der Waals surface area contributed by atoms with E-state index in [-0.39, 0.29) is 11.3 Å². The largest absolute Gasteiger partial charge is 0.380 e. The number of ether oxygens (including phenoxy) is 1. The number of benzene rings is 1. The molecule has 1 N–H and O–H groups in total. The fraction of sp³-hybridized carbons (Fsp3) is 0.350. The summed E-state index contributed by atoms with van der Waals surface area (Å²) < 4.78 is 7.08. The number of aromatic nitrogens is 3. The molecule has 2 aromatic heterocycles. The van der Waals surface area contributed by atoms with E-state index < -0.39 is 0 Å². The van der Waals surface area contributed by atoms with Gasteiger partial charge in [-0.1, -0.05) is 25.1 Å². The number of nitrogens with zero attached hydrogens (tertiary/aromatic N) is 3. The molecule has 0 bridgehead atoms. The van der Waals surface area contributed by atoms with Gasteiger partial charge in [0.25, 0.3) is 5.91 Å². The fourth-order valence-electron chi connectivity index (χ4n) is 3.19. The number of fused-ring (bicyclic) bond motifs is 1. The molecule has 0 unspecified atom stereocenters. The molecule has 26 heavy (non-hydrogen) atoms. The zero-order chi connectivity index (χ0) is 18.3. The molecule has 0 atom stereocenters. The number of para-hydroxylation sites is 1. The van der Waals surface area contributed by atoms with Gasteiger partial charge in [0.15, 0.2) is 0 Å². The van der Waals surface area contributed by atoms with Crippen LogP contribution in [0.1, 0.15) is 23.0 Å². The Labute approximate surface area is 152 Å². The molecule has 1 aromatic carbocycles. The Morgan fingerprint density at radius 3 is 2.77 bits per heavy atom. The first-order chi connectivity index (χ1) is 12.5. The van der Waals surface area contributed by atoms with Crippen molar-refractivity contribution in [3.8, 4) is 11.3 Å². The molecule has 0 radical (unpaired) electrons. The van der Waals surface area contributed by atoms with Gasteiger partial charge < -0.3 is 10.1 Å². The molecule has 4 rings (SSSR count). The van der Waals surface area contributed by atoms with Crippen molar-refractivity contribution in [2.75, 3.05) is 19.8 Å². The Morgan fingerprint density at radius 2 is 2.12 bits per heavy atom. The van der Waals surface area contributed by atoms with E-state index >= 15 is 0 Å². The summed E-state index contributed by atoms with van der Waals surface area (Å²) in [5.74, 6) is -0.0838. The number of carbonyl (C=O) groups excluding carboxylic acids is 1. The molecule has 6 nitrogen and oxygen atoms in total. The molecule has 1 saturated heterocycles. The SMILES string of the molecule is Cc1c(-c2cc(C(=O)NCC3(C)COC3)c3ccccc3n2)cnn1C. The Kier molecular flexibility index (Phi) is 4.00. The highest BCUT2D eigenvalue weighted by atomic mass is 16.5. The monoisotopic (exact) mass is 350 g/mol. The van der Waals surface area contributed by atoms with Crippen molar-refractivity contribution in [1.82, 2.24) is 20.1 Å². The van der Waals surface area contributed by atoms with Gasteiger partial charge in [0.1, 0.15) is 0 Å². The third-order valence-electron chi connectivity index (χ3n) is 5.05. The Balaban J connectivity index is 1.74. The van der Waals surface area contributed by atoms with Crippen LogP contribution in [0.3, 0.4) is 0 Å². The Hall–Kier alpha value is -2.73. The minimum atomic E-state index is -0.0838. The van der Waals surface area contributed by atoms with E-state index in [9.17, 15) is 4.79 Å². The topological polar surface area (TPSA) is 69.0 Å². The lowest BCUT2D eigenvalue weighted by molar-refractivity contribution is -0.0978. The molecule has 1 fully saturated rings. The molecular formula is C20H22N4O2. The number of pyridine rings is 1. The van der Waals surface area contributed by atoms with E-state index in [1.165, 1.54) is 0 Å². The third-order valence-corrected chi connectivity index (χ3v) is 5.05. The van der Waals surface area contributed by atoms with Crippen molar-refractivity contribution < 1.29 is 9.53 Å². The quantitative estimate of drug-likeness (QED) is 0.785. The van der Waals surface area contributed by atoms with Crippen LogP contribution in [0.15, 0.2) is 36.5 Å². The van der Waals surface area contributed by atoms with Crippen molar-refractivity contribution in [3.05, 3.63) is 47.8 Å². The second kappa shape index (κ2) is 6.21. The van der Waals surface area contributed by atoms with E-state index in [0.717, 1.165) is 27.9 Å². The number of aryl methyl sites for hydroxylation is 1. The minimum absolute atomic E-state index is 0.0290. The van der Waals surface area contributed by atoms with Gasteiger partial charge in [0, 0.05) is 35.7 Å². The normalized spacial score (nSPS) is 15.7. The van der Waals surface area contributed by atoms with Crippen LogP contribution in [-0.4, -0.2) is 40.4 Å². The van der Waals surface area contributed by atoms with Crippen molar-refractivity contribution in [2.24, 2.45) is 12.5 Å². The lowest BCUT2D eigenvalue weighted by atomic mass is 9.88. The van der Waals surface area contributed by atoms with Crippen LogP contribution in [0.2, 0.25) is 0 Å². The highest BCUT2D eigenvalue weighted by Crippen LogP contribution is 2.28. The molecule has 1 aliphatic heterocycles. The minimum Gasteiger partial charge on any atom is -0.380 e. The molecule has 3 aromatic rings. The number of hydrogen-bond donors (Lipinski definition) is 1. The number of carbonyl (C=O) groups is 1. The highest BCUT2D eigenvalue weighted by molar-refractivity contribution is 6.07. The van der Waals surface area contributed by atoms with Crippen LogP contribution >= 0.6 is 0 Å². The van der Waals surface area contributed by atoms with Gasteiger partial charge in [0.2, 0.25) is 0 Å². The molecule has 0 aliphatic carbocycles. The maximum Gasteiger partial charge on any atom is 0.252 e. The van der Waals surface area contributed by atoms with Crippen LogP contribution in [0.4, 0.5) is 0 Å². The number of amides is 1. The van der Waals surface area contributed by atoms with Crippen molar-refractivity contribution in [3.63, 3.8) is 0 Å². The van der Waals surface area contributed by atoms with Crippen LogP contribution in [-0.2, 0) is 11.8 Å². The van der Waals surface area contributed by atoms with E-state index in [1.54, 1.807) is 6.20 Å². The number of nitrogens with one attached hydrogen (secondary N) is 1. The van der Waals surface area contributed by atoms with Gasteiger partial charge >= 0.3 is 0 Å². The maximum atomic E-state index is 12.9. The van der Waals surface area contributed by atoms with Gasteiger partial charge in [0.05, 0.1) is 36.2 Å². The molecule has 0 saturated carbocycles. The van der Waals surface area contributed by atoms with Crippen molar-refractivity contribution in [1.29, 1.82) is 0 Å². The predicted molar refractivity (Wildman–Crippen MR) is 99.9 cm³/mol. The van der Waals surface area contributed by atoms with E-state index in [2.05, 4.69) is 17.3 Å². The summed E-state index contributed by atoms with van der Waals surface area (Å²) in [6, 6.07) is 9.59. The number of rotatable bonds is 4.